The van der Waals surface area contributed by atoms with Crippen LogP contribution in [0.25, 0.3) is 0 Å². The van der Waals surface area contributed by atoms with Crippen molar-refractivity contribution in [2.24, 2.45) is 0 Å². The third kappa shape index (κ3) is 9.19. The molecule has 0 spiro atoms. The van der Waals surface area contributed by atoms with Crippen molar-refractivity contribution < 1.29 is 0 Å². The number of rotatable bonds is 9. The summed E-state index contributed by atoms with van der Waals surface area (Å²) in [5.74, 6) is 0. The zero-order chi connectivity index (χ0) is 9.94. The predicted molar refractivity (Wildman–Crippen MR) is 64.9 cm³/mol. The van der Waals surface area contributed by atoms with Gasteiger partial charge in [0.15, 0.2) is 0 Å². The molecule has 0 aliphatic rings. The average Bonchev–Trinajstić information content (AvgIpc) is 2.17. The van der Waals surface area contributed by atoms with Crippen LogP contribution in [0, 0.1) is 0 Å². The Morgan fingerprint density at radius 3 is 1.15 bits per heavy atom. The summed E-state index contributed by atoms with van der Waals surface area (Å²) in [5.41, 5.74) is 0. The van der Waals surface area contributed by atoms with Crippen molar-refractivity contribution in [1.82, 2.24) is 0 Å². The first-order valence-corrected chi connectivity index (χ1v) is 13.4. The summed E-state index contributed by atoms with van der Waals surface area (Å²) in [6, 6.07) is 0. The topological polar surface area (TPSA) is 0 Å². The second-order valence-electron chi connectivity index (χ2n) is 3.90. The van der Waals surface area contributed by atoms with Crippen LogP contribution in [0.2, 0.25) is 12.4 Å². The summed E-state index contributed by atoms with van der Waals surface area (Å²) in [4.78, 5) is 0. The van der Waals surface area contributed by atoms with E-state index in [2.05, 4.69) is 20.8 Å². The van der Waals surface area contributed by atoms with Crippen molar-refractivity contribution in [1.29, 1.82) is 0 Å². The van der Waals surface area contributed by atoms with Gasteiger partial charge in [0.1, 0.15) is 0 Å². The first-order valence-electron chi connectivity index (χ1n) is 6.07. The van der Waals surface area contributed by atoms with Crippen molar-refractivity contribution in [2.75, 3.05) is 0 Å². The molecule has 0 nitrogen and oxygen atoms in total. The summed E-state index contributed by atoms with van der Waals surface area (Å²) in [5, 5.41) is 0. The van der Waals surface area contributed by atoms with E-state index >= 15 is 0 Å². The molecule has 0 heterocycles. The fourth-order valence-corrected chi connectivity index (χ4v) is 13.0. The molecule has 0 saturated heterocycles. The summed E-state index contributed by atoms with van der Waals surface area (Å²) in [6.07, 6.45) is 8.86. The van der Waals surface area contributed by atoms with E-state index in [-0.39, 0.29) is 0 Å². The predicted octanol–water partition coefficient (Wildman–Crippen LogP) is 4.88. The van der Waals surface area contributed by atoms with Crippen LogP contribution in [0.1, 0.15) is 59.3 Å². The summed E-state index contributed by atoms with van der Waals surface area (Å²) in [7, 11) is 0. The molecule has 0 N–H and O–H groups in total. The van der Waals surface area contributed by atoms with Crippen molar-refractivity contribution in [3.63, 3.8) is 0 Å². The Morgan fingerprint density at radius 1 is 0.615 bits per heavy atom. The number of unbranched alkanes of at least 4 members (excludes halogenated alkanes) is 3. The molecule has 0 rings (SSSR count). The molecule has 0 fully saturated rings. The van der Waals surface area contributed by atoms with Crippen LogP contribution in [0.5, 0.6) is 0 Å². The molecule has 0 unspecified atom stereocenters. The molecule has 0 aromatic carbocycles. The van der Waals surface area contributed by atoms with Gasteiger partial charge in [0.05, 0.1) is 0 Å². The van der Waals surface area contributed by atoms with Gasteiger partial charge in [0, 0.05) is 0 Å². The van der Waals surface area contributed by atoms with E-state index in [9.17, 15) is 0 Å². The molecule has 0 aliphatic carbocycles. The molecular formula is C12H27Bi. The molecule has 0 aromatic rings. The van der Waals surface area contributed by atoms with Gasteiger partial charge in [0.2, 0.25) is 0 Å². The van der Waals surface area contributed by atoms with Gasteiger partial charge in [-0.05, 0) is 0 Å². The van der Waals surface area contributed by atoms with Gasteiger partial charge in [0.25, 0.3) is 0 Å². The Balaban J connectivity index is 3.47. The van der Waals surface area contributed by atoms with Crippen LogP contribution in [-0.2, 0) is 0 Å². The molecule has 1 heteroatoms. The van der Waals surface area contributed by atoms with Gasteiger partial charge in [-0.3, -0.25) is 0 Å². The minimum atomic E-state index is -0.907. The van der Waals surface area contributed by atoms with Gasteiger partial charge in [-0.1, -0.05) is 0 Å². The van der Waals surface area contributed by atoms with Gasteiger partial charge in [-0.25, -0.2) is 0 Å². The summed E-state index contributed by atoms with van der Waals surface area (Å²) >= 11 is -0.907. The van der Waals surface area contributed by atoms with E-state index in [1.165, 1.54) is 38.5 Å². The van der Waals surface area contributed by atoms with E-state index in [0.717, 1.165) is 0 Å². The minimum absolute atomic E-state index is 0.907. The molecule has 0 aliphatic heterocycles. The van der Waals surface area contributed by atoms with E-state index in [4.69, 9.17) is 0 Å². The molecule has 0 saturated carbocycles. The van der Waals surface area contributed by atoms with E-state index in [1.807, 2.05) is 0 Å². The van der Waals surface area contributed by atoms with Gasteiger partial charge >= 0.3 is 93.4 Å². The van der Waals surface area contributed by atoms with Crippen LogP contribution in [0.3, 0.4) is 0 Å². The molecule has 0 amide bonds. The van der Waals surface area contributed by atoms with Crippen molar-refractivity contribution >= 4 is 21.8 Å². The van der Waals surface area contributed by atoms with Gasteiger partial charge in [-0.15, -0.1) is 0 Å². The van der Waals surface area contributed by atoms with Gasteiger partial charge in [-0.2, -0.15) is 0 Å². The van der Waals surface area contributed by atoms with Crippen molar-refractivity contribution in [3.8, 4) is 0 Å². The molecule has 0 aromatic heterocycles. The van der Waals surface area contributed by atoms with Crippen LogP contribution in [0.15, 0.2) is 0 Å². The number of hydrogen-bond acceptors (Lipinski definition) is 0. The first-order chi connectivity index (χ1) is 6.35. The fraction of sp³-hybridized carbons (Fsp3) is 1.00. The Labute approximate surface area is 93.2 Å². The van der Waals surface area contributed by atoms with Crippen molar-refractivity contribution in [2.45, 2.75) is 71.7 Å². The zero-order valence-electron chi connectivity index (χ0n) is 9.81. The van der Waals surface area contributed by atoms with E-state index in [0.29, 0.717) is 0 Å². The zero-order valence-corrected chi connectivity index (χ0v) is 13.3. The summed E-state index contributed by atoms with van der Waals surface area (Å²) < 4.78 is 5.06. The van der Waals surface area contributed by atoms with Crippen LogP contribution >= 0.6 is 0 Å². The standard InChI is InChI=1S/3C4H9.Bi/c3*1-3-4-2;/h3*1,3-4H2,2H3;. The molecule has 80 valence electrons. The van der Waals surface area contributed by atoms with Crippen LogP contribution in [-0.4, -0.2) is 21.8 Å². The Hall–Kier alpha value is 0.883. The van der Waals surface area contributed by atoms with Crippen LogP contribution < -0.4 is 0 Å². The second-order valence-corrected chi connectivity index (χ2v) is 14.3. The molecule has 0 radical (unpaired) electrons. The quantitative estimate of drug-likeness (QED) is 0.500. The molecular weight excluding hydrogens is 353 g/mol. The second kappa shape index (κ2) is 11.0. The molecule has 13 heavy (non-hydrogen) atoms. The van der Waals surface area contributed by atoms with E-state index < -0.39 is 21.8 Å². The Bertz CT molecular complexity index is 72.1. The third-order valence-corrected chi connectivity index (χ3v) is 13.5. The maximum atomic E-state index is 2.33. The molecule has 0 bridgehead atoms. The van der Waals surface area contributed by atoms with E-state index in [1.54, 1.807) is 12.4 Å². The maximum absolute atomic E-state index is 2.33. The summed E-state index contributed by atoms with van der Waals surface area (Å²) in [6.45, 7) is 7.00. The normalized spacial score (nSPS) is 11.1. The monoisotopic (exact) mass is 380 g/mol. The van der Waals surface area contributed by atoms with Crippen molar-refractivity contribution in [3.05, 3.63) is 0 Å². The average molecular weight is 380 g/mol. The Morgan fingerprint density at radius 2 is 0.923 bits per heavy atom. The third-order valence-electron chi connectivity index (χ3n) is 2.48. The number of hydrogen-bond donors (Lipinski definition) is 0. The van der Waals surface area contributed by atoms with Gasteiger partial charge < -0.3 is 0 Å². The molecule has 0 atom stereocenters. The van der Waals surface area contributed by atoms with Crippen LogP contribution in [0.4, 0.5) is 0 Å². The Kier molecular flexibility index (Phi) is 11.7. The first kappa shape index (κ1) is 13.9. The SMILES string of the molecule is CCC[CH2][Bi]([CH2]CCC)[CH2]CCC. The fourth-order valence-electron chi connectivity index (χ4n) is 1.48.